The van der Waals surface area contributed by atoms with Gasteiger partial charge < -0.3 is 40.1 Å². The molecule has 0 radical (unpaired) electrons. The van der Waals surface area contributed by atoms with Gasteiger partial charge in [0, 0.05) is 6.08 Å². The fourth-order valence-corrected chi connectivity index (χ4v) is 2.45. The van der Waals surface area contributed by atoms with E-state index in [2.05, 4.69) is 0 Å². The average Bonchev–Trinajstić information content (AvgIpc) is 2.74. The zero-order valence-corrected chi connectivity index (χ0v) is 16.6. The first-order chi connectivity index (χ1) is 15.0. The van der Waals surface area contributed by atoms with E-state index >= 15 is 0 Å². The molecule has 0 fully saturated rings. The van der Waals surface area contributed by atoms with Crippen molar-refractivity contribution in [2.75, 3.05) is 6.61 Å². The maximum atomic E-state index is 12.2. The van der Waals surface area contributed by atoms with E-state index in [1.54, 1.807) is 0 Å². The molecule has 170 valence electrons. The summed E-state index contributed by atoms with van der Waals surface area (Å²) in [5, 5.41) is 57.0. The Morgan fingerprint density at radius 2 is 1.56 bits per heavy atom. The lowest BCUT2D eigenvalue weighted by Gasteiger charge is -2.20. The molecule has 2 rings (SSSR count). The third-order valence-electron chi connectivity index (χ3n) is 4.10. The van der Waals surface area contributed by atoms with Crippen LogP contribution in [-0.4, -0.2) is 67.2 Å². The number of phenolic OH excluding ortho intramolecular Hbond substituents is 5. The van der Waals surface area contributed by atoms with Gasteiger partial charge in [0.15, 0.2) is 40.6 Å². The fraction of sp³-hybridized carbons (Fsp3) is 0.190. The Kier molecular flexibility index (Phi) is 7.64. The summed E-state index contributed by atoms with van der Waals surface area (Å²) in [6.07, 6.45) is -1.23. The summed E-state index contributed by atoms with van der Waals surface area (Å²) >= 11 is 0. The monoisotopic (exact) mass is 448 g/mol. The number of aromatic hydroxyl groups is 5. The van der Waals surface area contributed by atoms with Crippen molar-refractivity contribution < 1.29 is 54.5 Å². The summed E-state index contributed by atoms with van der Waals surface area (Å²) in [6, 6.07) is 5.39. The third-order valence-corrected chi connectivity index (χ3v) is 4.10. The zero-order chi connectivity index (χ0) is 24.0. The average molecular weight is 448 g/mol. The molecule has 2 atom stereocenters. The van der Waals surface area contributed by atoms with Crippen LogP contribution < -0.4 is 0 Å². The van der Waals surface area contributed by atoms with Gasteiger partial charge in [0.2, 0.25) is 0 Å². The minimum atomic E-state index is -1.73. The van der Waals surface area contributed by atoms with Crippen LogP contribution in [0.5, 0.6) is 28.7 Å². The van der Waals surface area contributed by atoms with Gasteiger partial charge in [0.1, 0.15) is 12.7 Å². The van der Waals surface area contributed by atoms with Crippen molar-refractivity contribution in [2.24, 2.45) is 0 Å². The van der Waals surface area contributed by atoms with Crippen LogP contribution in [0.1, 0.15) is 22.8 Å². The molecule has 2 aromatic rings. The molecule has 0 spiro atoms. The van der Waals surface area contributed by atoms with Gasteiger partial charge in [-0.25, -0.2) is 9.59 Å². The largest absolute Gasteiger partial charge is 0.504 e. The van der Waals surface area contributed by atoms with Gasteiger partial charge in [-0.3, -0.25) is 4.79 Å². The van der Waals surface area contributed by atoms with E-state index in [1.165, 1.54) is 24.3 Å². The highest BCUT2D eigenvalue weighted by atomic mass is 16.6. The second-order valence-electron chi connectivity index (χ2n) is 6.58. The lowest BCUT2D eigenvalue weighted by molar-refractivity contribution is -0.147. The maximum Gasteiger partial charge on any atom is 0.339 e. The first kappa shape index (κ1) is 24.0. The number of ether oxygens (including phenoxy) is 2. The number of Topliss-reactive ketones (excluding diaryl/α,β-unsaturated/α-hetero) is 1. The van der Waals surface area contributed by atoms with E-state index in [0.717, 1.165) is 25.1 Å². The summed E-state index contributed by atoms with van der Waals surface area (Å²) in [7, 11) is 0. The molecular weight excluding hydrogens is 428 g/mol. The van der Waals surface area contributed by atoms with E-state index in [4.69, 9.17) is 9.47 Å². The number of rotatable bonds is 8. The summed E-state index contributed by atoms with van der Waals surface area (Å²) in [5.74, 6) is -6.09. The molecule has 0 aliphatic rings. The van der Waals surface area contributed by atoms with E-state index in [-0.39, 0.29) is 5.75 Å². The highest BCUT2D eigenvalue weighted by Gasteiger charge is 2.30. The number of carbonyl (C=O) groups is 3. The molecule has 6 N–H and O–H groups in total. The molecule has 0 aliphatic heterocycles. The molecular formula is C21H20O11. The Morgan fingerprint density at radius 1 is 0.938 bits per heavy atom. The van der Waals surface area contributed by atoms with Crippen molar-refractivity contribution in [3.05, 3.63) is 47.5 Å². The lowest BCUT2D eigenvalue weighted by atomic mass is 10.1. The number of phenols is 5. The van der Waals surface area contributed by atoms with E-state index in [0.29, 0.717) is 5.56 Å². The molecule has 2 unspecified atom stereocenters. The summed E-state index contributed by atoms with van der Waals surface area (Å²) in [6.45, 7) is 0.305. The molecule has 0 saturated heterocycles. The van der Waals surface area contributed by atoms with Crippen LogP contribution in [0.3, 0.4) is 0 Å². The Balaban J connectivity index is 1.99. The van der Waals surface area contributed by atoms with Gasteiger partial charge in [-0.2, -0.15) is 0 Å². The Bertz CT molecular complexity index is 1030. The topological polar surface area (TPSA) is 191 Å². The quantitative estimate of drug-likeness (QED) is 0.191. The van der Waals surface area contributed by atoms with Crippen molar-refractivity contribution in [1.82, 2.24) is 0 Å². The normalized spacial score (nSPS) is 12.8. The number of aliphatic hydroxyl groups excluding tert-OH is 1. The van der Waals surface area contributed by atoms with Crippen LogP contribution in [0.15, 0.2) is 36.4 Å². The molecule has 0 aromatic heterocycles. The van der Waals surface area contributed by atoms with Gasteiger partial charge in [-0.05, 0) is 42.8 Å². The first-order valence-electron chi connectivity index (χ1n) is 9.00. The second kappa shape index (κ2) is 10.2. The van der Waals surface area contributed by atoms with Crippen molar-refractivity contribution in [1.29, 1.82) is 0 Å². The lowest BCUT2D eigenvalue weighted by Crippen LogP contribution is -2.40. The van der Waals surface area contributed by atoms with Crippen LogP contribution in [0.25, 0.3) is 6.08 Å². The number of ketones is 1. The molecule has 0 bridgehead atoms. The van der Waals surface area contributed by atoms with Crippen LogP contribution in [0.2, 0.25) is 0 Å². The first-order valence-corrected chi connectivity index (χ1v) is 9.00. The van der Waals surface area contributed by atoms with Gasteiger partial charge in [0.25, 0.3) is 0 Å². The molecule has 0 amide bonds. The number of esters is 2. The van der Waals surface area contributed by atoms with Crippen LogP contribution in [0.4, 0.5) is 0 Å². The highest BCUT2D eigenvalue weighted by Crippen LogP contribution is 2.35. The minimum absolute atomic E-state index is 0.338. The van der Waals surface area contributed by atoms with E-state index < -0.39 is 65.1 Å². The molecule has 0 saturated carbocycles. The van der Waals surface area contributed by atoms with E-state index in [9.17, 15) is 45.0 Å². The van der Waals surface area contributed by atoms with Crippen LogP contribution in [-0.2, 0) is 19.1 Å². The zero-order valence-electron chi connectivity index (χ0n) is 16.6. The highest BCUT2D eigenvalue weighted by molar-refractivity contribution is 5.93. The van der Waals surface area contributed by atoms with Crippen molar-refractivity contribution >= 4 is 23.8 Å². The summed E-state index contributed by atoms with van der Waals surface area (Å²) in [4.78, 5) is 35.8. The van der Waals surface area contributed by atoms with Gasteiger partial charge >= 0.3 is 11.9 Å². The number of aliphatic hydroxyl groups is 1. The standard InChI is InChI=1S/C21H20O11/c1-10(22)20(32-21(30)12-7-15(25)19(29)16(26)8-12)17(27)9-31-18(28)5-3-11-2-4-13(23)14(24)6-11/h2-8,17,20,23-27,29H,9H2,1H3. The predicted octanol–water partition coefficient (Wildman–Crippen LogP) is 0.946. The molecule has 0 heterocycles. The number of hydrogen-bond acceptors (Lipinski definition) is 11. The number of benzene rings is 2. The molecule has 11 heteroatoms. The van der Waals surface area contributed by atoms with Crippen molar-refractivity contribution in [3.8, 4) is 28.7 Å². The van der Waals surface area contributed by atoms with Crippen molar-refractivity contribution in [2.45, 2.75) is 19.1 Å². The summed E-state index contributed by atoms with van der Waals surface area (Å²) < 4.78 is 9.70. The van der Waals surface area contributed by atoms with Gasteiger partial charge in [-0.1, -0.05) is 6.07 Å². The summed E-state index contributed by atoms with van der Waals surface area (Å²) in [5.41, 5.74) is -0.0397. The minimum Gasteiger partial charge on any atom is -0.504 e. The van der Waals surface area contributed by atoms with Crippen LogP contribution >= 0.6 is 0 Å². The Hall–Kier alpha value is -4.25. The molecule has 0 aliphatic carbocycles. The molecule has 11 nitrogen and oxygen atoms in total. The number of carbonyl (C=O) groups excluding carboxylic acids is 3. The molecule has 2 aromatic carbocycles. The molecule has 32 heavy (non-hydrogen) atoms. The van der Waals surface area contributed by atoms with Crippen molar-refractivity contribution in [3.63, 3.8) is 0 Å². The van der Waals surface area contributed by atoms with Gasteiger partial charge in [-0.15, -0.1) is 0 Å². The Morgan fingerprint density at radius 3 is 2.12 bits per heavy atom. The van der Waals surface area contributed by atoms with Gasteiger partial charge in [0.05, 0.1) is 5.56 Å². The second-order valence-corrected chi connectivity index (χ2v) is 6.58. The predicted molar refractivity (Wildman–Crippen MR) is 107 cm³/mol. The smallest absolute Gasteiger partial charge is 0.339 e. The SMILES string of the molecule is CC(=O)C(OC(=O)c1cc(O)c(O)c(O)c1)C(O)COC(=O)C=Cc1ccc(O)c(O)c1. The Labute approximate surface area is 181 Å². The fourth-order valence-electron chi connectivity index (χ4n) is 2.45. The third kappa shape index (κ3) is 6.12. The number of hydrogen-bond donors (Lipinski definition) is 6. The van der Waals surface area contributed by atoms with Crippen LogP contribution in [0, 0.1) is 0 Å². The van der Waals surface area contributed by atoms with E-state index in [1.807, 2.05) is 0 Å². The maximum absolute atomic E-state index is 12.2.